The van der Waals surface area contributed by atoms with E-state index in [1.807, 2.05) is 0 Å². The summed E-state index contributed by atoms with van der Waals surface area (Å²) in [6.07, 6.45) is 0.219. The summed E-state index contributed by atoms with van der Waals surface area (Å²) in [6.45, 7) is 5.94. The van der Waals surface area contributed by atoms with E-state index in [0.29, 0.717) is 0 Å². The van der Waals surface area contributed by atoms with Gasteiger partial charge in [-0.25, -0.2) is 4.79 Å². The van der Waals surface area contributed by atoms with Crippen molar-refractivity contribution in [3.05, 3.63) is 25.5 Å². The molecule has 1 unspecified atom stereocenters. The van der Waals surface area contributed by atoms with Gasteiger partial charge < -0.3 is 29.9 Å². The van der Waals surface area contributed by atoms with Crippen molar-refractivity contribution in [1.29, 1.82) is 0 Å². The molecule has 0 aliphatic carbocycles. The van der Waals surface area contributed by atoms with Crippen molar-refractivity contribution >= 4 is 17.9 Å². The number of rotatable bonds is 9. The van der Waals surface area contributed by atoms with Gasteiger partial charge in [-0.2, -0.15) is 0 Å². The normalized spacial score (nSPS) is 12.0. The van der Waals surface area contributed by atoms with Crippen LogP contribution in [0.3, 0.4) is 0 Å². The molecule has 9 heteroatoms. The summed E-state index contributed by atoms with van der Waals surface area (Å²) in [7, 11) is 0. The van der Waals surface area contributed by atoms with Gasteiger partial charge in [0.2, 0.25) is 0 Å². The number of aliphatic hydroxyl groups is 3. The van der Waals surface area contributed by atoms with Crippen LogP contribution in [-0.4, -0.2) is 63.8 Å². The summed E-state index contributed by atoms with van der Waals surface area (Å²) in [5.74, 6) is -3.69. The van der Waals surface area contributed by atoms with Crippen molar-refractivity contribution in [1.82, 2.24) is 0 Å². The zero-order valence-electron chi connectivity index (χ0n) is 11.9. The van der Waals surface area contributed by atoms with E-state index in [-0.39, 0.29) is 19.8 Å². The summed E-state index contributed by atoms with van der Waals surface area (Å²) in [5.41, 5.74) is -2.48. The Morgan fingerprint density at radius 1 is 1.09 bits per heavy atom. The third kappa shape index (κ3) is 10.5. The highest BCUT2D eigenvalue weighted by Crippen LogP contribution is 2.19. The topological polar surface area (TPSA) is 151 Å². The second-order valence-corrected chi connectivity index (χ2v) is 3.77. The number of carbonyl (C=O) groups is 3. The molecular weight excluding hydrogens is 300 g/mol. The van der Waals surface area contributed by atoms with Gasteiger partial charge in [-0.3, -0.25) is 9.59 Å². The lowest BCUT2D eigenvalue weighted by atomic mass is 9.96. The van der Waals surface area contributed by atoms with Gasteiger partial charge in [0.15, 0.2) is 5.60 Å². The Balaban J connectivity index is 0. The number of aliphatic hydroxyl groups excluding tert-OH is 2. The first-order valence-electron chi connectivity index (χ1n) is 6.01. The molecule has 9 nitrogen and oxygen atoms in total. The largest absolute Gasteiger partial charge is 0.481 e. The molecule has 0 aliphatic rings. The first-order chi connectivity index (χ1) is 10.3. The van der Waals surface area contributed by atoms with Crippen LogP contribution in [-0.2, 0) is 23.9 Å². The number of carboxylic acids is 1. The number of ether oxygens (including phenoxy) is 2. The van der Waals surface area contributed by atoms with Crippen LogP contribution < -0.4 is 0 Å². The van der Waals surface area contributed by atoms with Crippen LogP contribution in [0.4, 0.5) is 0 Å². The molecule has 0 heterocycles. The SMILES string of the molecule is C=CCOC(=O)C(O)(CC(=O)O)CC(=O)OC=C.OCCO. The molecule has 0 saturated heterocycles. The van der Waals surface area contributed by atoms with Gasteiger partial charge in [-0.05, 0) is 0 Å². The lowest BCUT2D eigenvalue weighted by Crippen LogP contribution is -2.44. The third-order valence-corrected chi connectivity index (χ3v) is 1.91. The molecule has 0 radical (unpaired) electrons. The lowest BCUT2D eigenvalue weighted by molar-refractivity contribution is -0.174. The van der Waals surface area contributed by atoms with E-state index >= 15 is 0 Å². The zero-order chi connectivity index (χ0) is 17.6. The zero-order valence-corrected chi connectivity index (χ0v) is 11.9. The Morgan fingerprint density at radius 3 is 2.00 bits per heavy atom. The van der Waals surface area contributed by atoms with Gasteiger partial charge >= 0.3 is 17.9 Å². The van der Waals surface area contributed by atoms with Gasteiger partial charge in [-0.1, -0.05) is 19.2 Å². The van der Waals surface area contributed by atoms with Crippen LogP contribution in [0.2, 0.25) is 0 Å². The fourth-order valence-electron chi connectivity index (χ4n) is 1.10. The number of aliphatic carboxylic acids is 1. The molecule has 0 spiro atoms. The molecule has 4 N–H and O–H groups in total. The molecule has 0 aromatic carbocycles. The highest BCUT2D eigenvalue weighted by molar-refractivity contribution is 5.89. The number of carbonyl (C=O) groups excluding carboxylic acids is 2. The minimum atomic E-state index is -2.48. The minimum Gasteiger partial charge on any atom is -0.481 e. The van der Waals surface area contributed by atoms with Crippen LogP contribution in [0.25, 0.3) is 0 Å². The van der Waals surface area contributed by atoms with Crippen molar-refractivity contribution in [2.24, 2.45) is 0 Å². The number of hydrogen-bond donors (Lipinski definition) is 4. The van der Waals surface area contributed by atoms with E-state index in [4.69, 9.17) is 15.3 Å². The Bertz CT molecular complexity index is 389. The molecule has 22 heavy (non-hydrogen) atoms. The number of hydrogen-bond acceptors (Lipinski definition) is 8. The Labute approximate surface area is 127 Å². The predicted molar refractivity (Wildman–Crippen MR) is 73.4 cm³/mol. The van der Waals surface area contributed by atoms with Crippen LogP contribution in [0.15, 0.2) is 25.5 Å². The van der Waals surface area contributed by atoms with Crippen molar-refractivity contribution in [2.45, 2.75) is 18.4 Å². The Hall–Kier alpha value is -2.23. The standard InChI is InChI=1S/C11H14O7.C2H6O2/c1-3-5-18-10(15)11(16,6-8(12)13)7-9(14)17-4-2;3-1-2-4/h3-4,16H,1-2,5-7H2,(H,12,13);3-4H,1-2H2. The van der Waals surface area contributed by atoms with Gasteiger partial charge in [0, 0.05) is 0 Å². The molecule has 126 valence electrons. The summed E-state index contributed by atoms with van der Waals surface area (Å²) in [4.78, 5) is 33.2. The molecule has 0 aliphatic heterocycles. The second kappa shape index (κ2) is 12.5. The summed E-state index contributed by atoms with van der Waals surface area (Å²) >= 11 is 0. The smallest absolute Gasteiger partial charge is 0.339 e. The van der Waals surface area contributed by atoms with Crippen molar-refractivity contribution in [2.75, 3.05) is 19.8 Å². The third-order valence-electron chi connectivity index (χ3n) is 1.91. The van der Waals surface area contributed by atoms with E-state index in [1.54, 1.807) is 0 Å². The Morgan fingerprint density at radius 2 is 1.64 bits per heavy atom. The molecule has 0 amide bonds. The summed E-state index contributed by atoms with van der Waals surface area (Å²) in [6, 6.07) is 0. The van der Waals surface area contributed by atoms with Crippen LogP contribution in [0.1, 0.15) is 12.8 Å². The van der Waals surface area contributed by atoms with E-state index in [1.165, 1.54) is 6.08 Å². The quantitative estimate of drug-likeness (QED) is 0.237. The highest BCUT2D eigenvalue weighted by atomic mass is 16.6. The Kier molecular flexibility index (Phi) is 12.5. The second-order valence-electron chi connectivity index (χ2n) is 3.77. The summed E-state index contributed by atoms with van der Waals surface area (Å²) < 4.78 is 8.85. The van der Waals surface area contributed by atoms with E-state index in [2.05, 4.69) is 22.6 Å². The van der Waals surface area contributed by atoms with Crippen molar-refractivity contribution < 1.29 is 44.3 Å². The molecular formula is C13H20O9. The van der Waals surface area contributed by atoms with Crippen LogP contribution >= 0.6 is 0 Å². The van der Waals surface area contributed by atoms with Crippen molar-refractivity contribution in [3.8, 4) is 0 Å². The van der Waals surface area contributed by atoms with Gasteiger partial charge in [-0.15, -0.1) is 0 Å². The highest BCUT2D eigenvalue weighted by Gasteiger charge is 2.42. The molecule has 0 saturated carbocycles. The molecule has 1 atom stereocenters. The first-order valence-corrected chi connectivity index (χ1v) is 6.01. The van der Waals surface area contributed by atoms with E-state index in [0.717, 1.165) is 6.26 Å². The summed E-state index contributed by atoms with van der Waals surface area (Å²) in [5, 5.41) is 33.7. The monoisotopic (exact) mass is 320 g/mol. The molecule has 0 aromatic heterocycles. The van der Waals surface area contributed by atoms with Gasteiger partial charge in [0.05, 0.1) is 32.3 Å². The maximum absolute atomic E-state index is 11.5. The fraction of sp³-hybridized carbons (Fsp3) is 0.462. The van der Waals surface area contributed by atoms with Crippen LogP contribution in [0.5, 0.6) is 0 Å². The molecule has 0 aromatic rings. The first kappa shape index (κ1) is 22.1. The molecule has 0 rings (SSSR count). The predicted octanol–water partition coefficient (Wildman–Crippen LogP) is -1.03. The lowest BCUT2D eigenvalue weighted by Gasteiger charge is -2.22. The maximum atomic E-state index is 11.5. The average Bonchev–Trinajstić information content (AvgIpc) is 2.44. The van der Waals surface area contributed by atoms with E-state index in [9.17, 15) is 19.5 Å². The number of esters is 2. The maximum Gasteiger partial charge on any atom is 0.339 e. The molecule has 0 bridgehead atoms. The van der Waals surface area contributed by atoms with Gasteiger partial charge in [0.1, 0.15) is 6.61 Å². The van der Waals surface area contributed by atoms with Crippen LogP contribution in [0, 0.1) is 0 Å². The fourth-order valence-corrected chi connectivity index (χ4v) is 1.10. The number of carboxylic acid groups (broad SMARTS) is 1. The molecule has 0 fully saturated rings. The minimum absolute atomic E-state index is 0.125. The van der Waals surface area contributed by atoms with Crippen molar-refractivity contribution in [3.63, 3.8) is 0 Å². The van der Waals surface area contributed by atoms with Gasteiger partial charge in [0.25, 0.3) is 0 Å². The average molecular weight is 320 g/mol. The van der Waals surface area contributed by atoms with E-state index < -0.39 is 36.4 Å².